The van der Waals surface area contributed by atoms with Crippen LogP contribution in [0.15, 0.2) is 45.4 Å². The summed E-state index contributed by atoms with van der Waals surface area (Å²) in [5.41, 5.74) is 1.97. The van der Waals surface area contributed by atoms with E-state index in [9.17, 15) is 4.79 Å². The zero-order valence-corrected chi connectivity index (χ0v) is 16.0. The van der Waals surface area contributed by atoms with Crippen molar-refractivity contribution < 1.29 is 23.5 Å². The highest BCUT2D eigenvalue weighted by Gasteiger charge is 2.16. The van der Waals surface area contributed by atoms with Gasteiger partial charge in [0.2, 0.25) is 0 Å². The summed E-state index contributed by atoms with van der Waals surface area (Å²) >= 11 is 3.47. The zero-order valence-electron chi connectivity index (χ0n) is 14.4. The summed E-state index contributed by atoms with van der Waals surface area (Å²) in [6.45, 7) is 2.88. The second-order valence-corrected chi connectivity index (χ2v) is 6.74. The molecule has 0 unspecified atom stereocenters. The van der Waals surface area contributed by atoms with E-state index in [2.05, 4.69) is 26.1 Å². The van der Waals surface area contributed by atoms with E-state index in [1.165, 1.54) is 0 Å². The first-order valence-electron chi connectivity index (χ1n) is 8.26. The molecule has 8 heteroatoms. The largest absolute Gasteiger partial charge is 0.486 e. The SMILES string of the molecule is Cc1noc(-c2ccc(C(=O)OCc3cc4c(cc3Br)OCCO4)cc2)n1. The van der Waals surface area contributed by atoms with Gasteiger partial charge in [-0.2, -0.15) is 4.98 Å². The van der Waals surface area contributed by atoms with Crippen LogP contribution in [0.2, 0.25) is 0 Å². The van der Waals surface area contributed by atoms with Gasteiger partial charge in [-0.25, -0.2) is 4.79 Å². The fourth-order valence-electron chi connectivity index (χ4n) is 2.61. The third-order valence-corrected chi connectivity index (χ3v) is 4.70. The van der Waals surface area contributed by atoms with Crippen LogP contribution in [-0.4, -0.2) is 29.3 Å². The lowest BCUT2D eigenvalue weighted by Gasteiger charge is -2.19. The molecule has 138 valence electrons. The number of aryl methyl sites for hydroxylation is 1. The fourth-order valence-corrected chi connectivity index (χ4v) is 3.04. The Labute approximate surface area is 163 Å². The number of carbonyl (C=O) groups is 1. The van der Waals surface area contributed by atoms with E-state index >= 15 is 0 Å². The molecule has 27 heavy (non-hydrogen) atoms. The molecule has 0 fully saturated rings. The number of carbonyl (C=O) groups excluding carboxylic acids is 1. The van der Waals surface area contributed by atoms with Crippen LogP contribution in [0.1, 0.15) is 21.7 Å². The quantitative estimate of drug-likeness (QED) is 0.579. The van der Waals surface area contributed by atoms with Gasteiger partial charge < -0.3 is 18.7 Å². The van der Waals surface area contributed by atoms with Crippen LogP contribution in [0.25, 0.3) is 11.5 Å². The summed E-state index contributed by atoms with van der Waals surface area (Å²) in [6.07, 6.45) is 0. The average Bonchev–Trinajstić information content (AvgIpc) is 3.12. The molecule has 0 atom stereocenters. The Morgan fingerprint density at radius 2 is 1.85 bits per heavy atom. The van der Waals surface area contributed by atoms with Gasteiger partial charge in [0.05, 0.1) is 5.56 Å². The Bertz CT molecular complexity index is 984. The van der Waals surface area contributed by atoms with Crippen LogP contribution < -0.4 is 9.47 Å². The Kier molecular flexibility index (Phi) is 4.81. The molecule has 1 aliphatic heterocycles. The van der Waals surface area contributed by atoms with Crippen LogP contribution in [0.5, 0.6) is 11.5 Å². The summed E-state index contributed by atoms with van der Waals surface area (Å²) < 4.78 is 22.4. The Hall–Kier alpha value is -2.87. The molecule has 2 heterocycles. The van der Waals surface area contributed by atoms with Crippen molar-refractivity contribution in [2.24, 2.45) is 0 Å². The molecular weight excluding hydrogens is 416 g/mol. The number of nitrogens with zero attached hydrogens (tertiary/aromatic N) is 2. The summed E-state index contributed by atoms with van der Waals surface area (Å²) in [6, 6.07) is 10.4. The van der Waals surface area contributed by atoms with Gasteiger partial charge in [-0.1, -0.05) is 21.1 Å². The topological polar surface area (TPSA) is 83.7 Å². The van der Waals surface area contributed by atoms with E-state index in [4.69, 9.17) is 18.7 Å². The number of halogens is 1. The van der Waals surface area contributed by atoms with Crippen LogP contribution in [0.3, 0.4) is 0 Å². The van der Waals surface area contributed by atoms with Gasteiger partial charge in [0, 0.05) is 15.6 Å². The second kappa shape index (κ2) is 7.40. The van der Waals surface area contributed by atoms with E-state index < -0.39 is 5.97 Å². The molecule has 0 aliphatic carbocycles. The Morgan fingerprint density at radius 3 is 2.52 bits per heavy atom. The lowest BCUT2D eigenvalue weighted by molar-refractivity contribution is 0.0471. The molecule has 0 amide bonds. The van der Waals surface area contributed by atoms with E-state index in [0.717, 1.165) is 15.6 Å². The van der Waals surface area contributed by atoms with Gasteiger partial charge in [0.25, 0.3) is 5.89 Å². The fraction of sp³-hybridized carbons (Fsp3) is 0.211. The lowest BCUT2D eigenvalue weighted by Crippen LogP contribution is -2.15. The molecule has 0 radical (unpaired) electrons. The molecule has 4 rings (SSSR count). The highest BCUT2D eigenvalue weighted by Crippen LogP contribution is 2.35. The van der Waals surface area contributed by atoms with Crippen molar-refractivity contribution in [1.29, 1.82) is 0 Å². The van der Waals surface area contributed by atoms with Crippen LogP contribution >= 0.6 is 15.9 Å². The molecule has 0 saturated carbocycles. The van der Waals surface area contributed by atoms with Gasteiger partial charge in [0.15, 0.2) is 17.3 Å². The van der Waals surface area contributed by atoms with Crippen molar-refractivity contribution in [3.05, 3.63) is 57.8 Å². The van der Waals surface area contributed by atoms with Gasteiger partial charge >= 0.3 is 5.97 Å². The van der Waals surface area contributed by atoms with E-state index in [1.54, 1.807) is 31.2 Å². The number of aromatic nitrogens is 2. The van der Waals surface area contributed by atoms with Gasteiger partial charge in [-0.15, -0.1) is 0 Å². The predicted octanol–water partition coefficient (Wildman–Crippen LogP) is 3.94. The number of hydrogen-bond acceptors (Lipinski definition) is 7. The monoisotopic (exact) mass is 430 g/mol. The third-order valence-electron chi connectivity index (χ3n) is 3.97. The van der Waals surface area contributed by atoms with Crippen molar-refractivity contribution in [3.63, 3.8) is 0 Å². The van der Waals surface area contributed by atoms with Gasteiger partial charge in [-0.05, 0) is 43.3 Å². The number of esters is 1. The van der Waals surface area contributed by atoms with Crippen molar-refractivity contribution in [2.45, 2.75) is 13.5 Å². The summed E-state index contributed by atoms with van der Waals surface area (Å²) in [7, 11) is 0. The number of rotatable bonds is 4. The molecule has 0 N–H and O–H groups in total. The van der Waals surface area contributed by atoms with Crippen molar-refractivity contribution >= 4 is 21.9 Å². The molecular formula is C19H15BrN2O5. The maximum Gasteiger partial charge on any atom is 0.338 e. The van der Waals surface area contributed by atoms with E-state index in [1.807, 2.05) is 12.1 Å². The van der Waals surface area contributed by atoms with Gasteiger partial charge in [0.1, 0.15) is 19.8 Å². The number of hydrogen-bond donors (Lipinski definition) is 0. The molecule has 1 aliphatic rings. The molecule has 0 spiro atoms. The average molecular weight is 431 g/mol. The number of fused-ring (bicyclic) bond motifs is 1. The molecule has 7 nitrogen and oxygen atoms in total. The van der Waals surface area contributed by atoms with Crippen LogP contribution in [0, 0.1) is 6.92 Å². The lowest BCUT2D eigenvalue weighted by atomic mass is 10.1. The summed E-state index contributed by atoms with van der Waals surface area (Å²) in [4.78, 5) is 16.5. The smallest absolute Gasteiger partial charge is 0.338 e. The van der Waals surface area contributed by atoms with Gasteiger partial charge in [-0.3, -0.25) is 0 Å². The molecule has 0 saturated heterocycles. The van der Waals surface area contributed by atoms with E-state index in [0.29, 0.717) is 42.0 Å². The van der Waals surface area contributed by atoms with Crippen LogP contribution in [0.4, 0.5) is 0 Å². The molecule has 3 aromatic rings. The molecule has 2 aromatic carbocycles. The second-order valence-electron chi connectivity index (χ2n) is 5.89. The zero-order chi connectivity index (χ0) is 18.8. The summed E-state index contributed by atoms with van der Waals surface area (Å²) in [5, 5.41) is 3.75. The predicted molar refractivity (Wildman–Crippen MR) is 98.7 cm³/mol. The first-order chi connectivity index (χ1) is 13.1. The Morgan fingerprint density at radius 1 is 1.15 bits per heavy atom. The normalized spacial score (nSPS) is 12.7. The minimum absolute atomic E-state index is 0.112. The molecule has 0 bridgehead atoms. The minimum Gasteiger partial charge on any atom is -0.486 e. The minimum atomic E-state index is -0.426. The number of ether oxygens (including phenoxy) is 3. The van der Waals surface area contributed by atoms with E-state index in [-0.39, 0.29) is 6.61 Å². The molecule has 1 aromatic heterocycles. The Balaban J connectivity index is 1.43. The third kappa shape index (κ3) is 3.80. The van der Waals surface area contributed by atoms with Crippen molar-refractivity contribution in [1.82, 2.24) is 10.1 Å². The van der Waals surface area contributed by atoms with Crippen molar-refractivity contribution in [3.8, 4) is 23.0 Å². The first-order valence-corrected chi connectivity index (χ1v) is 9.05. The number of benzene rings is 2. The highest BCUT2D eigenvalue weighted by atomic mass is 79.9. The maximum atomic E-state index is 12.3. The van der Waals surface area contributed by atoms with Crippen molar-refractivity contribution in [2.75, 3.05) is 13.2 Å². The standard InChI is InChI=1S/C19H15BrN2O5/c1-11-21-18(27-22-11)12-2-4-13(5-3-12)19(23)26-10-14-8-16-17(9-15(14)20)25-7-6-24-16/h2-5,8-9H,6-7,10H2,1H3. The first kappa shape index (κ1) is 17.5. The van der Waals surface area contributed by atoms with Crippen LogP contribution in [-0.2, 0) is 11.3 Å². The summed E-state index contributed by atoms with van der Waals surface area (Å²) in [5.74, 6) is 1.86. The highest BCUT2D eigenvalue weighted by molar-refractivity contribution is 9.10. The maximum absolute atomic E-state index is 12.3.